The molecule has 0 N–H and O–H groups in total. The smallest absolute Gasteiger partial charge is 0.410 e. The fourth-order valence-electron chi connectivity index (χ4n) is 7.82. The number of aryl methyl sites for hydroxylation is 2. The highest BCUT2D eigenvalue weighted by Crippen LogP contribution is 2.43. The van der Waals surface area contributed by atoms with E-state index in [1.807, 2.05) is 32.0 Å². The molecule has 6 heteroatoms. The summed E-state index contributed by atoms with van der Waals surface area (Å²) < 4.78 is 6.32. The predicted octanol–water partition coefficient (Wildman–Crippen LogP) is 6.33. The van der Waals surface area contributed by atoms with Gasteiger partial charge >= 0.3 is 6.09 Å². The Labute approximate surface area is 230 Å². The summed E-state index contributed by atoms with van der Waals surface area (Å²) >= 11 is 0. The normalized spacial score (nSPS) is 25.2. The average Bonchev–Trinajstić information content (AvgIpc) is 3.17. The SMILES string of the molecule is CCCC[C@@H]1N(CC2CCCCC2)C(=O)OC12CCN(C1CCN(C(=O)c3c(C)cccc3C)CC1)CC2. The summed E-state index contributed by atoms with van der Waals surface area (Å²) in [6, 6.07) is 6.85. The van der Waals surface area contributed by atoms with E-state index < -0.39 is 0 Å². The number of carbonyl (C=O) groups is 2. The number of nitrogens with zero attached hydrogens (tertiary/aromatic N) is 3. The van der Waals surface area contributed by atoms with Crippen molar-refractivity contribution in [2.45, 2.75) is 116 Å². The monoisotopic (exact) mass is 523 g/mol. The lowest BCUT2D eigenvalue weighted by Crippen LogP contribution is -2.56. The molecule has 1 saturated carbocycles. The second-order valence-electron chi connectivity index (χ2n) is 12.6. The van der Waals surface area contributed by atoms with E-state index in [9.17, 15) is 9.59 Å². The van der Waals surface area contributed by atoms with Crippen LogP contribution < -0.4 is 0 Å². The number of rotatable bonds is 7. The minimum Gasteiger partial charge on any atom is -0.440 e. The van der Waals surface area contributed by atoms with Crippen LogP contribution in [0.1, 0.15) is 105 Å². The zero-order chi connectivity index (χ0) is 26.7. The third-order valence-electron chi connectivity index (χ3n) is 10.1. The van der Waals surface area contributed by atoms with Gasteiger partial charge in [-0.15, -0.1) is 0 Å². The van der Waals surface area contributed by atoms with Crippen molar-refractivity contribution in [1.29, 1.82) is 0 Å². The summed E-state index contributed by atoms with van der Waals surface area (Å²) in [5.74, 6) is 0.832. The van der Waals surface area contributed by atoms with Gasteiger partial charge in [-0.1, -0.05) is 57.2 Å². The highest BCUT2D eigenvalue weighted by atomic mass is 16.6. The van der Waals surface area contributed by atoms with E-state index >= 15 is 0 Å². The van der Waals surface area contributed by atoms with E-state index in [4.69, 9.17) is 4.74 Å². The average molecular weight is 524 g/mol. The summed E-state index contributed by atoms with van der Waals surface area (Å²) in [6.07, 6.45) is 13.7. The fourth-order valence-corrected chi connectivity index (χ4v) is 7.82. The van der Waals surface area contributed by atoms with Crippen molar-refractivity contribution >= 4 is 12.0 Å². The number of hydrogen-bond donors (Lipinski definition) is 0. The van der Waals surface area contributed by atoms with E-state index in [0.29, 0.717) is 12.0 Å². The van der Waals surface area contributed by atoms with Gasteiger partial charge < -0.3 is 14.5 Å². The molecule has 0 radical (unpaired) electrons. The van der Waals surface area contributed by atoms with Crippen LogP contribution in [0.3, 0.4) is 0 Å². The number of hydrogen-bond acceptors (Lipinski definition) is 4. The number of likely N-dealkylation sites (tertiary alicyclic amines) is 2. The molecule has 1 aliphatic carbocycles. The van der Waals surface area contributed by atoms with Crippen molar-refractivity contribution < 1.29 is 14.3 Å². The molecule has 38 heavy (non-hydrogen) atoms. The van der Waals surface area contributed by atoms with Crippen LogP contribution in [0.25, 0.3) is 0 Å². The molecule has 0 bridgehead atoms. The van der Waals surface area contributed by atoms with Crippen LogP contribution in [-0.2, 0) is 4.74 Å². The molecule has 2 amide bonds. The first-order chi connectivity index (χ1) is 18.4. The Hall–Kier alpha value is -2.08. The fraction of sp³-hybridized carbons (Fsp3) is 0.750. The van der Waals surface area contributed by atoms with Gasteiger partial charge in [-0.3, -0.25) is 9.69 Å². The molecule has 210 valence electrons. The van der Waals surface area contributed by atoms with Gasteiger partial charge in [0.05, 0.1) is 6.04 Å². The van der Waals surface area contributed by atoms with Crippen molar-refractivity contribution in [3.63, 3.8) is 0 Å². The number of benzene rings is 1. The number of carbonyl (C=O) groups excluding carboxylic acids is 2. The zero-order valence-electron chi connectivity index (χ0n) is 24.1. The van der Waals surface area contributed by atoms with E-state index in [2.05, 4.69) is 21.6 Å². The van der Waals surface area contributed by atoms with E-state index in [1.54, 1.807) is 0 Å². The van der Waals surface area contributed by atoms with Crippen molar-refractivity contribution in [2.75, 3.05) is 32.7 Å². The van der Waals surface area contributed by atoms with Crippen molar-refractivity contribution in [2.24, 2.45) is 5.92 Å². The molecule has 5 rings (SSSR count). The largest absolute Gasteiger partial charge is 0.440 e. The Morgan fingerprint density at radius 3 is 2.26 bits per heavy atom. The molecule has 0 aromatic heterocycles. The molecule has 4 aliphatic rings. The van der Waals surface area contributed by atoms with Gasteiger partial charge in [0.1, 0.15) is 5.60 Å². The highest BCUT2D eigenvalue weighted by Gasteiger charge is 2.55. The Bertz CT molecular complexity index is 952. The van der Waals surface area contributed by atoms with Crippen LogP contribution in [-0.4, -0.2) is 77.1 Å². The molecular weight excluding hydrogens is 474 g/mol. The second-order valence-corrected chi connectivity index (χ2v) is 12.6. The number of piperidine rings is 2. The summed E-state index contributed by atoms with van der Waals surface area (Å²) in [4.78, 5) is 33.3. The van der Waals surface area contributed by atoms with Gasteiger partial charge in [0, 0.05) is 57.2 Å². The van der Waals surface area contributed by atoms with Gasteiger partial charge in [-0.25, -0.2) is 4.79 Å². The van der Waals surface area contributed by atoms with Crippen molar-refractivity contribution in [3.05, 3.63) is 34.9 Å². The second kappa shape index (κ2) is 12.0. The lowest BCUT2D eigenvalue weighted by atomic mass is 9.80. The van der Waals surface area contributed by atoms with Crippen LogP contribution in [0.5, 0.6) is 0 Å². The topological polar surface area (TPSA) is 53.1 Å². The van der Waals surface area contributed by atoms with Crippen LogP contribution in [0, 0.1) is 19.8 Å². The number of amides is 2. The van der Waals surface area contributed by atoms with E-state index in [-0.39, 0.29) is 23.6 Å². The van der Waals surface area contributed by atoms with Crippen LogP contribution in [0.15, 0.2) is 18.2 Å². The maximum Gasteiger partial charge on any atom is 0.410 e. The minimum absolute atomic E-state index is 0.0524. The summed E-state index contributed by atoms with van der Waals surface area (Å²) in [5.41, 5.74) is 2.71. The van der Waals surface area contributed by atoms with Crippen molar-refractivity contribution in [3.8, 4) is 0 Å². The van der Waals surface area contributed by atoms with Crippen LogP contribution >= 0.6 is 0 Å². The highest BCUT2D eigenvalue weighted by molar-refractivity contribution is 5.97. The summed E-state index contributed by atoms with van der Waals surface area (Å²) in [5, 5.41) is 0. The van der Waals surface area contributed by atoms with E-state index in [0.717, 1.165) is 94.4 Å². The molecule has 3 heterocycles. The minimum atomic E-state index is -0.309. The first-order valence-corrected chi connectivity index (χ1v) is 15.5. The van der Waals surface area contributed by atoms with Gasteiger partial charge in [0.25, 0.3) is 5.91 Å². The van der Waals surface area contributed by atoms with Gasteiger partial charge in [0.15, 0.2) is 0 Å². The van der Waals surface area contributed by atoms with Gasteiger partial charge in [-0.2, -0.15) is 0 Å². The maximum atomic E-state index is 13.3. The zero-order valence-corrected chi connectivity index (χ0v) is 24.1. The Morgan fingerprint density at radius 2 is 1.63 bits per heavy atom. The number of unbranched alkanes of at least 4 members (excludes halogenated alkanes) is 1. The lowest BCUT2D eigenvalue weighted by molar-refractivity contribution is -0.0385. The summed E-state index contributed by atoms with van der Waals surface area (Å²) in [7, 11) is 0. The van der Waals surface area contributed by atoms with Gasteiger partial charge in [-0.05, 0) is 63.0 Å². The molecule has 3 aliphatic heterocycles. The van der Waals surface area contributed by atoms with Crippen molar-refractivity contribution in [1.82, 2.24) is 14.7 Å². The molecule has 0 unspecified atom stereocenters. The first kappa shape index (κ1) is 27.5. The maximum absolute atomic E-state index is 13.3. The third kappa shape index (κ3) is 5.61. The molecule has 1 atom stereocenters. The molecule has 3 saturated heterocycles. The quantitative estimate of drug-likeness (QED) is 0.419. The number of ether oxygens (including phenoxy) is 1. The molecule has 1 aromatic rings. The standard InChI is InChI=1S/C32H49N3O3/c1-4-5-14-28-32(38-31(37)35(28)23-26-12-7-6-8-13-26)17-21-33(22-18-32)27-15-19-34(20-16-27)30(36)29-24(2)10-9-11-25(29)3/h9-11,26-28H,4-8,12-23H2,1-3H3/t28-/m0/s1. The van der Waals surface area contributed by atoms with Crippen LogP contribution in [0.4, 0.5) is 4.79 Å². The lowest BCUT2D eigenvalue weighted by Gasteiger charge is -2.46. The third-order valence-corrected chi connectivity index (χ3v) is 10.1. The Morgan fingerprint density at radius 1 is 0.974 bits per heavy atom. The Balaban J connectivity index is 1.18. The molecule has 1 spiro atoms. The summed E-state index contributed by atoms with van der Waals surface area (Å²) in [6.45, 7) is 10.8. The van der Waals surface area contributed by atoms with Crippen LogP contribution in [0.2, 0.25) is 0 Å². The molecular formula is C32H49N3O3. The molecule has 4 fully saturated rings. The van der Waals surface area contributed by atoms with Gasteiger partial charge in [0.2, 0.25) is 0 Å². The van der Waals surface area contributed by atoms with E-state index in [1.165, 1.54) is 32.1 Å². The Kier molecular flexibility index (Phi) is 8.66. The predicted molar refractivity (Wildman–Crippen MR) is 151 cm³/mol. The first-order valence-electron chi connectivity index (χ1n) is 15.5. The molecule has 1 aromatic carbocycles. The molecule has 6 nitrogen and oxygen atoms in total.